The summed E-state index contributed by atoms with van der Waals surface area (Å²) in [7, 11) is 0. The third-order valence-electron chi connectivity index (χ3n) is 4.80. The van der Waals surface area contributed by atoms with Crippen LogP contribution < -0.4 is 10.1 Å². The Labute approximate surface area is 121 Å². The maximum Gasteiger partial charge on any atom is 0.122 e. The number of aliphatic hydroxyl groups excluding tert-OH is 1. The van der Waals surface area contributed by atoms with Gasteiger partial charge in [0.05, 0.1) is 6.61 Å². The van der Waals surface area contributed by atoms with Gasteiger partial charge in [-0.25, -0.2) is 0 Å². The van der Waals surface area contributed by atoms with Crippen LogP contribution in [0.2, 0.25) is 0 Å². The molecule has 2 atom stereocenters. The first-order valence-electron chi connectivity index (χ1n) is 7.73. The van der Waals surface area contributed by atoms with Crippen molar-refractivity contribution in [2.75, 3.05) is 6.61 Å². The van der Waals surface area contributed by atoms with E-state index in [-0.39, 0.29) is 18.2 Å². The van der Waals surface area contributed by atoms with Crippen LogP contribution in [0.25, 0.3) is 0 Å². The maximum atomic E-state index is 9.76. The van der Waals surface area contributed by atoms with Gasteiger partial charge in [0.25, 0.3) is 0 Å². The standard InChI is InChI=1S/C17H25NO2/c1-12-4-3-5-16(13(12)2)20-15-8-9-17(10-15,11-19)18-14-6-7-14/h3-5,14-15,18-19H,6-11H2,1-2H3. The van der Waals surface area contributed by atoms with Crippen molar-refractivity contribution in [3.05, 3.63) is 29.3 Å². The lowest BCUT2D eigenvalue weighted by molar-refractivity contribution is 0.138. The van der Waals surface area contributed by atoms with E-state index in [0.29, 0.717) is 6.04 Å². The van der Waals surface area contributed by atoms with Gasteiger partial charge < -0.3 is 15.2 Å². The van der Waals surface area contributed by atoms with Crippen molar-refractivity contribution in [2.24, 2.45) is 0 Å². The summed E-state index contributed by atoms with van der Waals surface area (Å²) in [5.41, 5.74) is 2.39. The topological polar surface area (TPSA) is 41.5 Å². The lowest BCUT2D eigenvalue weighted by Gasteiger charge is -2.28. The Morgan fingerprint density at radius 3 is 2.80 bits per heavy atom. The van der Waals surface area contributed by atoms with Gasteiger partial charge in [-0.1, -0.05) is 12.1 Å². The third-order valence-corrected chi connectivity index (χ3v) is 4.80. The fourth-order valence-electron chi connectivity index (χ4n) is 3.19. The quantitative estimate of drug-likeness (QED) is 0.868. The SMILES string of the molecule is Cc1cccc(OC2CCC(CO)(NC3CC3)C2)c1C. The van der Waals surface area contributed by atoms with Crippen LogP contribution in [0, 0.1) is 13.8 Å². The number of aliphatic hydroxyl groups is 1. The van der Waals surface area contributed by atoms with Crippen molar-refractivity contribution >= 4 is 0 Å². The highest BCUT2D eigenvalue weighted by Gasteiger charge is 2.43. The smallest absolute Gasteiger partial charge is 0.122 e. The molecule has 0 aromatic heterocycles. The van der Waals surface area contributed by atoms with Gasteiger partial charge in [0, 0.05) is 18.0 Å². The van der Waals surface area contributed by atoms with Crippen molar-refractivity contribution in [1.29, 1.82) is 0 Å². The van der Waals surface area contributed by atoms with E-state index >= 15 is 0 Å². The summed E-state index contributed by atoms with van der Waals surface area (Å²) in [5.74, 6) is 0.996. The van der Waals surface area contributed by atoms with Crippen molar-refractivity contribution in [2.45, 2.75) is 63.6 Å². The van der Waals surface area contributed by atoms with Gasteiger partial charge in [-0.2, -0.15) is 0 Å². The Bertz CT molecular complexity index is 484. The zero-order chi connectivity index (χ0) is 14.2. The first-order chi connectivity index (χ1) is 9.62. The van der Waals surface area contributed by atoms with Crippen LogP contribution in [0.3, 0.4) is 0 Å². The van der Waals surface area contributed by atoms with Crippen LogP contribution in [0.15, 0.2) is 18.2 Å². The van der Waals surface area contributed by atoms with E-state index in [2.05, 4.69) is 31.3 Å². The Kier molecular flexibility index (Phi) is 3.74. The first kappa shape index (κ1) is 13.9. The number of aryl methyl sites for hydroxylation is 1. The largest absolute Gasteiger partial charge is 0.490 e. The van der Waals surface area contributed by atoms with Gasteiger partial charge in [-0.05, 0) is 56.7 Å². The summed E-state index contributed by atoms with van der Waals surface area (Å²) < 4.78 is 6.19. The minimum atomic E-state index is -0.108. The highest BCUT2D eigenvalue weighted by molar-refractivity contribution is 5.38. The van der Waals surface area contributed by atoms with Crippen LogP contribution >= 0.6 is 0 Å². The molecule has 1 aromatic rings. The van der Waals surface area contributed by atoms with Crippen LogP contribution in [0.4, 0.5) is 0 Å². The lowest BCUT2D eigenvalue weighted by atomic mass is 9.98. The third kappa shape index (κ3) is 2.84. The summed E-state index contributed by atoms with van der Waals surface area (Å²) in [6.45, 7) is 4.45. The number of hydrogen-bond acceptors (Lipinski definition) is 3. The van der Waals surface area contributed by atoms with Gasteiger partial charge in [-0.15, -0.1) is 0 Å². The normalized spacial score (nSPS) is 29.6. The molecule has 2 unspecified atom stereocenters. The van der Waals surface area contributed by atoms with E-state index in [1.54, 1.807) is 0 Å². The highest BCUT2D eigenvalue weighted by atomic mass is 16.5. The van der Waals surface area contributed by atoms with E-state index in [9.17, 15) is 5.11 Å². The minimum absolute atomic E-state index is 0.108. The van der Waals surface area contributed by atoms with Crippen LogP contribution in [-0.2, 0) is 0 Å². The number of ether oxygens (including phenoxy) is 1. The first-order valence-corrected chi connectivity index (χ1v) is 7.73. The molecule has 110 valence electrons. The Morgan fingerprint density at radius 1 is 1.30 bits per heavy atom. The maximum absolute atomic E-state index is 9.76. The Balaban J connectivity index is 1.65. The molecule has 0 aliphatic heterocycles. The molecule has 0 radical (unpaired) electrons. The summed E-state index contributed by atoms with van der Waals surface area (Å²) in [6.07, 6.45) is 5.67. The summed E-state index contributed by atoms with van der Waals surface area (Å²) in [4.78, 5) is 0. The average Bonchev–Trinajstić information content (AvgIpc) is 3.15. The zero-order valence-corrected chi connectivity index (χ0v) is 12.5. The monoisotopic (exact) mass is 275 g/mol. The summed E-state index contributed by atoms with van der Waals surface area (Å²) in [6, 6.07) is 6.84. The molecule has 0 amide bonds. The number of benzene rings is 1. The second-order valence-corrected chi connectivity index (χ2v) is 6.54. The van der Waals surface area contributed by atoms with E-state index in [1.165, 1.54) is 24.0 Å². The minimum Gasteiger partial charge on any atom is -0.490 e. The van der Waals surface area contributed by atoms with Crippen molar-refractivity contribution < 1.29 is 9.84 Å². The van der Waals surface area contributed by atoms with Crippen LogP contribution in [-0.4, -0.2) is 29.4 Å². The molecule has 0 spiro atoms. The molecular formula is C17H25NO2. The molecule has 20 heavy (non-hydrogen) atoms. The second-order valence-electron chi connectivity index (χ2n) is 6.54. The predicted molar refractivity (Wildman–Crippen MR) is 80.2 cm³/mol. The molecule has 2 N–H and O–H groups in total. The fourth-order valence-corrected chi connectivity index (χ4v) is 3.19. The molecule has 0 saturated heterocycles. The molecule has 2 saturated carbocycles. The van der Waals surface area contributed by atoms with Gasteiger partial charge in [0.15, 0.2) is 0 Å². The summed E-state index contributed by atoms with van der Waals surface area (Å²) in [5, 5.41) is 13.4. The summed E-state index contributed by atoms with van der Waals surface area (Å²) >= 11 is 0. The molecule has 3 nitrogen and oxygen atoms in total. The highest BCUT2D eigenvalue weighted by Crippen LogP contribution is 2.36. The molecule has 0 bridgehead atoms. The predicted octanol–water partition coefficient (Wildman–Crippen LogP) is 2.72. The molecule has 2 aliphatic carbocycles. The average molecular weight is 275 g/mol. The Hall–Kier alpha value is -1.06. The van der Waals surface area contributed by atoms with Crippen molar-refractivity contribution in [1.82, 2.24) is 5.32 Å². The fraction of sp³-hybridized carbons (Fsp3) is 0.647. The van der Waals surface area contributed by atoms with Gasteiger partial charge >= 0.3 is 0 Å². The molecule has 3 rings (SSSR count). The number of hydrogen-bond donors (Lipinski definition) is 2. The molecule has 1 aromatic carbocycles. The lowest BCUT2D eigenvalue weighted by Crippen LogP contribution is -2.48. The van der Waals surface area contributed by atoms with Gasteiger partial charge in [0.1, 0.15) is 11.9 Å². The molecule has 3 heteroatoms. The molecule has 2 fully saturated rings. The van der Waals surface area contributed by atoms with E-state index in [0.717, 1.165) is 25.0 Å². The second kappa shape index (κ2) is 5.38. The number of nitrogens with one attached hydrogen (secondary N) is 1. The van der Waals surface area contributed by atoms with E-state index < -0.39 is 0 Å². The van der Waals surface area contributed by atoms with Crippen LogP contribution in [0.5, 0.6) is 5.75 Å². The molecule has 0 heterocycles. The van der Waals surface area contributed by atoms with Gasteiger partial charge in [-0.3, -0.25) is 0 Å². The van der Waals surface area contributed by atoms with Crippen molar-refractivity contribution in [3.63, 3.8) is 0 Å². The molecular weight excluding hydrogens is 250 g/mol. The van der Waals surface area contributed by atoms with E-state index in [4.69, 9.17) is 4.74 Å². The Morgan fingerprint density at radius 2 is 2.10 bits per heavy atom. The van der Waals surface area contributed by atoms with Crippen LogP contribution in [0.1, 0.15) is 43.2 Å². The van der Waals surface area contributed by atoms with Crippen molar-refractivity contribution in [3.8, 4) is 5.75 Å². The van der Waals surface area contributed by atoms with Gasteiger partial charge in [0.2, 0.25) is 0 Å². The van der Waals surface area contributed by atoms with E-state index in [1.807, 2.05) is 6.07 Å². The molecule has 2 aliphatic rings. The zero-order valence-electron chi connectivity index (χ0n) is 12.5. The number of rotatable bonds is 5.